The molecule has 104 valence electrons. The summed E-state index contributed by atoms with van der Waals surface area (Å²) in [7, 11) is 0. The molecular formula is C14H21N3OS. The van der Waals surface area contributed by atoms with E-state index in [1.54, 1.807) is 0 Å². The summed E-state index contributed by atoms with van der Waals surface area (Å²) in [6, 6.07) is 3.80. The van der Waals surface area contributed by atoms with Crippen LogP contribution < -0.4 is 15.8 Å². The molecule has 2 heterocycles. The van der Waals surface area contributed by atoms with Crippen LogP contribution in [0.15, 0.2) is 12.1 Å². The molecule has 3 N–H and O–H groups in total. The van der Waals surface area contributed by atoms with Gasteiger partial charge in [0.1, 0.15) is 5.82 Å². The second-order valence-electron chi connectivity index (χ2n) is 5.36. The van der Waals surface area contributed by atoms with E-state index in [4.69, 9.17) is 10.5 Å². The Morgan fingerprint density at radius 1 is 1.37 bits per heavy atom. The normalized spacial score (nSPS) is 22.4. The third kappa shape index (κ3) is 3.69. The number of nitrogens with one attached hydrogen (secondary N) is 1. The van der Waals surface area contributed by atoms with E-state index < -0.39 is 0 Å². The molecule has 2 aliphatic rings. The molecule has 1 unspecified atom stereocenters. The van der Waals surface area contributed by atoms with Crippen molar-refractivity contribution in [1.82, 2.24) is 4.98 Å². The van der Waals surface area contributed by atoms with Crippen molar-refractivity contribution < 1.29 is 4.74 Å². The molecule has 0 aromatic carbocycles. The lowest BCUT2D eigenvalue weighted by Crippen LogP contribution is -2.15. The Morgan fingerprint density at radius 3 is 3.00 bits per heavy atom. The van der Waals surface area contributed by atoms with Gasteiger partial charge in [-0.1, -0.05) is 0 Å². The van der Waals surface area contributed by atoms with Crippen LogP contribution in [0.5, 0.6) is 5.88 Å². The van der Waals surface area contributed by atoms with Crippen LogP contribution in [0.2, 0.25) is 0 Å². The highest BCUT2D eigenvalue weighted by molar-refractivity contribution is 8.00. The first-order valence-electron chi connectivity index (χ1n) is 7.06. The third-order valence-corrected chi connectivity index (χ3v) is 4.98. The van der Waals surface area contributed by atoms with Gasteiger partial charge < -0.3 is 15.8 Å². The minimum Gasteiger partial charge on any atom is -0.476 e. The van der Waals surface area contributed by atoms with Crippen molar-refractivity contribution in [3.05, 3.63) is 12.1 Å². The van der Waals surface area contributed by atoms with E-state index in [1.807, 2.05) is 23.9 Å². The molecule has 1 atom stereocenters. The molecule has 19 heavy (non-hydrogen) atoms. The Kier molecular flexibility index (Phi) is 4.01. The van der Waals surface area contributed by atoms with Gasteiger partial charge in [0.15, 0.2) is 0 Å². The molecule has 3 rings (SSSR count). The Hall–Kier alpha value is -1.10. The zero-order valence-corrected chi connectivity index (χ0v) is 11.9. The van der Waals surface area contributed by atoms with Crippen LogP contribution >= 0.6 is 11.8 Å². The minimum atomic E-state index is 0.580. The van der Waals surface area contributed by atoms with Gasteiger partial charge in [-0.3, -0.25) is 0 Å². The molecular weight excluding hydrogens is 258 g/mol. The van der Waals surface area contributed by atoms with E-state index in [0.717, 1.165) is 24.2 Å². The quantitative estimate of drug-likeness (QED) is 0.838. The molecule has 2 fully saturated rings. The van der Waals surface area contributed by atoms with Gasteiger partial charge in [0.2, 0.25) is 5.88 Å². The maximum absolute atomic E-state index is 5.89. The Morgan fingerprint density at radius 2 is 2.26 bits per heavy atom. The molecule has 1 saturated heterocycles. The minimum absolute atomic E-state index is 0.580. The van der Waals surface area contributed by atoms with Gasteiger partial charge in [0, 0.05) is 11.8 Å². The number of rotatable bonds is 6. The maximum Gasteiger partial charge on any atom is 0.239 e. The smallest absolute Gasteiger partial charge is 0.239 e. The maximum atomic E-state index is 5.89. The average Bonchev–Trinajstić information content (AvgIpc) is 3.10. The van der Waals surface area contributed by atoms with Crippen LogP contribution in [-0.2, 0) is 0 Å². The largest absolute Gasteiger partial charge is 0.476 e. The molecule has 0 bridgehead atoms. The van der Waals surface area contributed by atoms with E-state index in [9.17, 15) is 0 Å². The molecule has 0 amide bonds. The summed E-state index contributed by atoms with van der Waals surface area (Å²) >= 11 is 2.05. The van der Waals surface area contributed by atoms with Crippen LogP contribution in [0.25, 0.3) is 0 Å². The molecule has 4 nitrogen and oxygen atoms in total. The summed E-state index contributed by atoms with van der Waals surface area (Å²) in [4.78, 5) is 4.47. The van der Waals surface area contributed by atoms with Crippen LogP contribution in [0, 0.1) is 5.92 Å². The van der Waals surface area contributed by atoms with Crippen LogP contribution in [-0.4, -0.2) is 29.1 Å². The van der Waals surface area contributed by atoms with E-state index in [1.165, 1.54) is 31.4 Å². The van der Waals surface area contributed by atoms with Gasteiger partial charge in [-0.15, -0.1) is 0 Å². The first kappa shape index (κ1) is 12.9. The number of ether oxygens (including phenoxy) is 1. The number of pyridine rings is 1. The monoisotopic (exact) mass is 279 g/mol. The number of thioether (sulfide) groups is 1. The SMILES string of the molecule is Nc1ccc(NCC2CCCS2)nc1OCC1CC1. The molecule has 1 saturated carbocycles. The third-order valence-electron chi connectivity index (χ3n) is 3.58. The fraction of sp³-hybridized carbons (Fsp3) is 0.643. The lowest BCUT2D eigenvalue weighted by molar-refractivity contribution is 0.290. The standard InChI is InChI=1S/C14H21N3OS/c15-12-5-6-13(16-8-11-2-1-7-19-11)17-14(12)18-9-10-3-4-10/h5-6,10-11H,1-4,7-9,15H2,(H,16,17). The number of hydrogen-bond acceptors (Lipinski definition) is 5. The van der Waals surface area contributed by atoms with Gasteiger partial charge in [0.05, 0.1) is 12.3 Å². The number of hydrogen-bond donors (Lipinski definition) is 2. The Balaban J connectivity index is 1.55. The molecule has 1 aromatic heterocycles. The lowest BCUT2D eigenvalue weighted by Gasteiger charge is -2.13. The number of aromatic nitrogens is 1. The van der Waals surface area contributed by atoms with Crippen molar-refractivity contribution in [2.75, 3.05) is 30.0 Å². The van der Waals surface area contributed by atoms with Crippen molar-refractivity contribution in [3.8, 4) is 5.88 Å². The molecule has 1 aromatic rings. The van der Waals surface area contributed by atoms with Crippen molar-refractivity contribution >= 4 is 23.3 Å². The van der Waals surface area contributed by atoms with Crippen LogP contribution in [0.1, 0.15) is 25.7 Å². The summed E-state index contributed by atoms with van der Waals surface area (Å²) in [5, 5.41) is 4.11. The Labute approximate surface area is 118 Å². The summed E-state index contributed by atoms with van der Waals surface area (Å²) < 4.78 is 5.69. The number of nitrogens with zero attached hydrogens (tertiary/aromatic N) is 1. The number of anilines is 2. The second-order valence-corrected chi connectivity index (χ2v) is 6.77. The molecule has 1 aliphatic heterocycles. The predicted molar refractivity (Wildman–Crippen MR) is 80.8 cm³/mol. The first-order valence-corrected chi connectivity index (χ1v) is 8.11. The fourth-order valence-electron chi connectivity index (χ4n) is 2.17. The average molecular weight is 279 g/mol. The summed E-state index contributed by atoms with van der Waals surface area (Å²) in [6.07, 6.45) is 5.19. The van der Waals surface area contributed by atoms with E-state index in [0.29, 0.717) is 17.5 Å². The van der Waals surface area contributed by atoms with Gasteiger partial charge in [0.25, 0.3) is 0 Å². The molecule has 5 heteroatoms. The highest BCUT2D eigenvalue weighted by atomic mass is 32.2. The van der Waals surface area contributed by atoms with Gasteiger partial charge in [-0.05, 0) is 49.5 Å². The first-order chi connectivity index (χ1) is 9.31. The fourth-order valence-corrected chi connectivity index (χ4v) is 3.37. The predicted octanol–water partition coefficient (Wildman–Crippen LogP) is 2.76. The zero-order chi connectivity index (χ0) is 13.1. The Bertz CT molecular complexity index is 431. The highest BCUT2D eigenvalue weighted by Gasteiger charge is 2.22. The molecule has 0 spiro atoms. The van der Waals surface area contributed by atoms with Crippen LogP contribution in [0.4, 0.5) is 11.5 Å². The molecule has 0 radical (unpaired) electrons. The molecule has 1 aliphatic carbocycles. The van der Waals surface area contributed by atoms with E-state index >= 15 is 0 Å². The van der Waals surface area contributed by atoms with Gasteiger partial charge >= 0.3 is 0 Å². The summed E-state index contributed by atoms with van der Waals surface area (Å²) in [6.45, 7) is 1.72. The van der Waals surface area contributed by atoms with Gasteiger partial charge in [-0.25, -0.2) is 0 Å². The summed E-state index contributed by atoms with van der Waals surface area (Å²) in [5.41, 5.74) is 6.52. The van der Waals surface area contributed by atoms with Crippen LogP contribution in [0.3, 0.4) is 0 Å². The van der Waals surface area contributed by atoms with Crippen molar-refractivity contribution in [2.45, 2.75) is 30.9 Å². The van der Waals surface area contributed by atoms with Crippen molar-refractivity contribution in [2.24, 2.45) is 5.92 Å². The highest BCUT2D eigenvalue weighted by Crippen LogP contribution is 2.31. The topological polar surface area (TPSA) is 60.2 Å². The lowest BCUT2D eigenvalue weighted by atomic mass is 10.2. The summed E-state index contributed by atoms with van der Waals surface area (Å²) in [5.74, 6) is 3.45. The van der Waals surface area contributed by atoms with E-state index in [-0.39, 0.29) is 0 Å². The number of nitrogen functional groups attached to an aromatic ring is 1. The zero-order valence-electron chi connectivity index (χ0n) is 11.1. The van der Waals surface area contributed by atoms with Crippen molar-refractivity contribution in [3.63, 3.8) is 0 Å². The second kappa shape index (κ2) is 5.90. The van der Waals surface area contributed by atoms with Crippen molar-refractivity contribution in [1.29, 1.82) is 0 Å². The van der Waals surface area contributed by atoms with Gasteiger partial charge in [-0.2, -0.15) is 16.7 Å². The number of nitrogens with two attached hydrogens (primary N) is 1. The van der Waals surface area contributed by atoms with E-state index in [2.05, 4.69) is 10.3 Å².